The van der Waals surface area contributed by atoms with Gasteiger partial charge in [-0.15, -0.1) is 0 Å². The molecule has 0 heterocycles. The molecule has 0 rings (SSSR count). The van der Waals surface area contributed by atoms with Gasteiger partial charge in [0.05, 0.1) is 5.75 Å². The number of hydrogen-bond donors (Lipinski definition) is 0. The van der Waals surface area contributed by atoms with Gasteiger partial charge in [-0.25, -0.2) is 12.7 Å². The van der Waals surface area contributed by atoms with Crippen molar-refractivity contribution in [2.45, 2.75) is 72.1 Å². The van der Waals surface area contributed by atoms with Crippen LogP contribution in [0.3, 0.4) is 0 Å². The first-order valence-electron chi connectivity index (χ1n) is 7.56. The number of hydrogen-bond acceptors (Lipinski definition) is 2. The Morgan fingerprint density at radius 1 is 0.722 bits per heavy atom. The highest BCUT2D eigenvalue weighted by molar-refractivity contribution is 7.89. The molecule has 0 radical (unpaired) electrons. The van der Waals surface area contributed by atoms with Crippen LogP contribution in [-0.4, -0.2) is 31.6 Å². The Balaban J connectivity index is 3.59. The van der Waals surface area contributed by atoms with Crippen LogP contribution in [0.15, 0.2) is 0 Å². The van der Waals surface area contributed by atoms with E-state index >= 15 is 0 Å². The van der Waals surface area contributed by atoms with E-state index < -0.39 is 10.0 Å². The zero-order valence-electron chi connectivity index (χ0n) is 12.5. The number of rotatable bonds is 12. The van der Waals surface area contributed by atoms with E-state index in [1.165, 1.54) is 38.5 Å². The molecular weight excluding hydrogens is 246 g/mol. The van der Waals surface area contributed by atoms with Gasteiger partial charge in [0.15, 0.2) is 0 Å². The molecule has 0 fully saturated rings. The maximum Gasteiger partial charge on any atom is 0.214 e. The molecule has 4 heteroatoms. The van der Waals surface area contributed by atoms with E-state index in [2.05, 4.69) is 6.92 Å². The Bertz CT molecular complexity index is 272. The molecule has 0 aromatic rings. The molecule has 0 unspecified atom stereocenters. The fraction of sp³-hybridized carbons (Fsp3) is 1.00. The predicted octanol–water partition coefficient (Wildman–Crippen LogP) is 3.80. The molecule has 0 saturated heterocycles. The van der Waals surface area contributed by atoms with Crippen LogP contribution in [0.5, 0.6) is 0 Å². The summed E-state index contributed by atoms with van der Waals surface area (Å²) >= 11 is 0. The first kappa shape index (κ1) is 17.9. The molecular formula is C14H31NO2S. The average Bonchev–Trinajstić information content (AvgIpc) is 2.33. The Morgan fingerprint density at radius 2 is 1.17 bits per heavy atom. The maximum absolute atomic E-state index is 11.9. The second-order valence-electron chi connectivity index (χ2n) is 4.88. The van der Waals surface area contributed by atoms with Crippen molar-refractivity contribution in [3.05, 3.63) is 0 Å². The van der Waals surface area contributed by atoms with Crippen LogP contribution >= 0.6 is 0 Å². The van der Waals surface area contributed by atoms with E-state index in [4.69, 9.17) is 0 Å². The minimum atomic E-state index is -2.99. The molecule has 0 N–H and O–H groups in total. The van der Waals surface area contributed by atoms with Gasteiger partial charge in [0, 0.05) is 13.1 Å². The quantitative estimate of drug-likeness (QED) is 0.509. The van der Waals surface area contributed by atoms with Gasteiger partial charge in [-0.3, -0.25) is 0 Å². The van der Waals surface area contributed by atoms with Crippen molar-refractivity contribution < 1.29 is 8.42 Å². The fourth-order valence-electron chi connectivity index (χ4n) is 2.16. The highest BCUT2D eigenvalue weighted by Crippen LogP contribution is 2.10. The van der Waals surface area contributed by atoms with E-state index in [9.17, 15) is 8.42 Å². The van der Waals surface area contributed by atoms with Crippen molar-refractivity contribution in [1.82, 2.24) is 4.31 Å². The van der Waals surface area contributed by atoms with E-state index in [-0.39, 0.29) is 0 Å². The first-order chi connectivity index (χ1) is 8.58. The summed E-state index contributed by atoms with van der Waals surface area (Å²) in [5, 5.41) is 0. The van der Waals surface area contributed by atoms with E-state index in [1.807, 2.05) is 13.8 Å². The average molecular weight is 277 g/mol. The fourth-order valence-corrected chi connectivity index (χ4v) is 3.78. The molecule has 0 aliphatic carbocycles. The van der Waals surface area contributed by atoms with Gasteiger partial charge in [-0.2, -0.15) is 0 Å². The summed E-state index contributed by atoms with van der Waals surface area (Å²) in [6.45, 7) is 7.20. The van der Waals surface area contributed by atoms with E-state index in [0.717, 1.165) is 12.8 Å². The molecule has 0 aliphatic rings. The van der Waals surface area contributed by atoms with E-state index in [1.54, 1.807) is 4.31 Å². The predicted molar refractivity (Wildman–Crippen MR) is 79.3 cm³/mol. The molecule has 0 aromatic heterocycles. The Kier molecular flexibility index (Phi) is 10.7. The molecule has 0 amide bonds. The number of unbranched alkanes of at least 4 members (excludes halogenated alkanes) is 7. The standard InChI is InChI=1S/C14H31NO2S/c1-4-7-8-9-10-11-12-13-14-18(16,17)15(5-2)6-3/h4-14H2,1-3H3. The smallest absolute Gasteiger partial charge is 0.212 e. The van der Waals surface area contributed by atoms with Gasteiger partial charge in [-0.1, -0.05) is 65.7 Å². The molecule has 110 valence electrons. The molecule has 0 atom stereocenters. The van der Waals surface area contributed by atoms with Gasteiger partial charge < -0.3 is 0 Å². The molecule has 0 aliphatic heterocycles. The number of nitrogens with zero attached hydrogens (tertiary/aromatic N) is 1. The van der Waals surface area contributed by atoms with Crippen molar-refractivity contribution in [2.75, 3.05) is 18.8 Å². The Labute approximate surface area is 114 Å². The monoisotopic (exact) mass is 277 g/mol. The van der Waals surface area contributed by atoms with Crippen LogP contribution in [0.4, 0.5) is 0 Å². The minimum Gasteiger partial charge on any atom is -0.212 e. The van der Waals surface area contributed by atoms with Crippen LogP contribution in [0, 0.1) is 0 Å². The molecule has 0 spiro atoms. The lowest BCUT2D eigenvalue weighted by Crippen LogP contribution is -2.32. The topological polar surface area (TPSA) is 37.4 Å². The summed E-state index contributed by atoms with van der Waals surface area (Å²) in [4.78, 5) is 0. The van der Waals surface area contributed by atoms with Crippen LogP contribution in [0.1, 0.15) is 72.1 Å². The lowest BCUT2D eigenvalue weighted by molar-refractivity contribution is 0.443. The molecule has 0 saturated carbocycles. The summed E-state index contributed by atoms with van der Waals surface area (Å²) in [5.74, 6) is 0.323. The van der Waals surface area contributed by atoms with Crippen molar-refractivity contribution in [1.29, 1.82) is 0 Å². The van der Waals surface area contributed by atoms with Crippen LogP contribution in [-0.2, 0) is 10.0 Å². The third-order valence-electron chi connectivity index (χ3n) is 3.35. The third-order valence-corrected chi connectivity index (χ3v) is 5.46. The summed E-state index contributed by atoms with van der Waals surface area (Å²) in [7, 11) is -2.99. The summed E-state index contributed by atoms with van der Waals surface area (Å²) < 4.78 is 25.3. The van der Waals surface area contributed by atoms with Crippen LogP contribution < -0.4 is 0 Å². The maximum atomic E-state index is 11.9. The van der Waals surface area contributed by atoms with Gasteiger partial charge >= 0.3 is 0 Å². The lowest BCUT2D eigenvalue weighted by Gasteiger charge is -2.18. The molecule has 0 aromatic carbocycles. The highest BCUT2D eigenvalue weighted by Gasteiger charge is 2.17. The molecule has 3 nitrogen and oxygen atoms in total. The van der Waals surface area contributed by atoms with Crippen LogP contribution in [0.25, 0.3) is 0 Å². The van der Waals surface area contributed by atoms with Crippen molar-refractivity contribution in [3.8, 4) is 0 Å². The zero-order chi connectivity index (χ0) is 13.9. The molecule has 0 bridgehead atoms. The third kappa shape index (κ3) is 8.09. The van der Waals surface area contributed by atoms with E-state index in [0.29, 0.717) is 18.8 Å². The SMILES string of the molecule is CCCCCCCCCCS(=O)(=O)N(CC)CC. The summed E-state index contributed by atoms with van der Waals surface area (Å²) in [5.41, 5.74) is 0. The molecule has 18 heavy (non-hydrogen) atoms. The van der Waals surface area contributed by atoms with Gasteiger partial charge in [0.1, 0.15) is 0 Å². The van der Waals surface area contributed by atoms with Gasteiger partial charge in [0.25, 0.3) is 0 Å². The number of sulfonamides is 1. The second kappa shape index (κ2) is 10.8. The van der Waals surface area contributed by atoms with Crippen molar-refractivity contribution in [3.63, 3.8) is 0 Å². The normalized spacial score (nSPS) is 12.2. The van der Waals surface area contributed by atoms with Crippen molar-refractivity contribution >= 4 is 10.0 Å². The largest absolute Gasteiger partial charge is 0.214 e. The van der Waals surface area contributed by atoms with Crippen molar-refractivity contribution in [2.24, 2.45) is 0 Å². The Morgan fingerprint density at radius 3 is 1.61 bits per heavy atom. The Hall–Kier alpha value is -0.0900. The van der Waals surface area contributed by atoms with Gasteiger partial charge in [-0.05, 0) is 6.42 Å². The zero-order valence-corrected chi connectivity index (χ0v) is 13.3. The van der Waals surface area contributed by atoms with Crippen LogP contribution in [0.2, 0.25) is 0 Å². The first-order valence-corrected chi connectivity index (χ1v) is 9.17. The van der Waals surface area contributed by atoms with Gasteiger partial charge in [0.2, 0.25) is 10.0 Å². The second-order valence-corrected chi connectivity index (χ2v) is 6.96. The lowest BCUT2D eigenvalue weighted by atomic mass is 10.1. The summed E-state index contributed by atoms with van der Waals surface area (Å²) in [6, 6.07) is 0. The summed E-state index contributed by atoms with van der Waals surface area (Å²) in [6.07, 6.45) is 9.53. The highest BCUT2D eigenvalue weighted by atomic mass is 32.2. The minimum absolute atomic E-state index is 0.323.